The van der Waals surface area contributed by atoms with Gasteiger partial charge in [-0.05, 0) is 32.0 Å². The first-order valence-electron chi connectivity index (χ1n) is 5.26. The number of rotatable bonds is 3. The van der Waals surface area contributed by atoms with Crippen LogP contribution in [0.1, 0.15) is 17.2 Å². The van der Waals surface area contributed by atoms with Gasteiger partial charge in [0.25, 0.3) is 0 Å². The Kier molecular flexibility index (Phi) is 3.47. The summed E-state index contributed by atoms with van der Waals surface area (Å²) in [6.07, 6.45) is 0. The number of aromatic nitrogens is 2. The Morgan fingerprint density at radius 1 is 1.35 bits per heavy atom. The second-order valence-corrected chi connectivity index (χ2v) is 4.82. The average molecular weight is 298 g/mol. The number of H-pyrrole nitrogens is 1. The summed E-state index contributed by atoms with van der Waals surface area (Å²) < 4.78 is 13.8. The zero-order chi connectivity index (χ0) is 12.4. The molecule has 0 fully saturated rings. The lowest BCUT2D eigenvalue weighted by Gasteiger charge is -2.05. The highest BCUT2D eigenvalue weighted by atomic mass is 79.9. The van der Waals surface area contributed by atoms with E-state index in [9.17, 15) is 4.39 Å². The van der Waals surface area contributed by atoms with Crippen LogP contribution in [0.5, 0.6) is 0 Å². The molecule has 0 saturated carbocycles. The van der Waals surface area contributed by atoms with Crippen molar-refractivity contribution in [2.45, 2.75) is 20.4 Å². The topological polar surface area (TPSA) is 40.7 Å². The van der Waals surface area contributed by atoms with Crippen LogP contribution in [0.15, 0.2) is 22.7 Å². The van der Waals surface area contributed by atoms with Crippen molar-refractivity contribution >= 4 is 21.6 Å². The van der Waals surface area contributed by atoms with Crippen molar-refractivity contribution in [1.29, 1.82) is 0 Å². The molecule has 0 unspecified atom stereocenters. The fourth-order valence-electron chi connectivity index (χ4n) is 1.55. The molecule has 0 spiro atoms. The number of nitrogens with zero attached hydrogens (tertiary/aromatic N) is 1. The van der Waals surface area contributed by atoms with E-state index in [1.807, 2.05) is 19.9 Å². The minimum absolute atomic E-state index is 0.270. The number of anilines is 1. The van der Waals surface area contributed by atoms with E-state index in [-0.39, 0.29) is 5.82 Å². The van der Waals surface area contributed by atoms with Crippen LogP contribution in [0.3, 0.4) is 0 Å². The van der Waals surface area contributed by atoms with Crippen molar-refractivity contribution in [1.82, 2.24) is 9.97 Å². The third-order valence-corrected chi connectivity index (χ3v) is 2.96. The second kappa shape index (κ2) is 4.87. The standard InChI is InChI=1S/C12H13BrFN3/c1-7-8(2)17-12(16-7)6-15-11-4-9(13)3-10(14)5-11/h3-5,15H,6H2,1-2H3,(H,16,17). The third-order valence-electron chi connectivity index (χ3n) is 2.50. The van der Waals surface area contributed by atoms with Gasteiger partial charge >= 0.3 is 0 Å². The number of hydrogen-bond acceptors (Lipinski definition) is 2. The molecule has 0 amide bonds. The van der Waals surface area contributed by atoms with E-state index < -0.39 is 0 Å². The Labute approximate surface area is 108 Å². The Balaban J connectivity index is 2.07. The molecule has 1 aromatic heterocycles. The van der Waals surface area contributed by atoms with Gasteiger partial charge in [-0.25, -0.2) is 9.37 Å². The maximum Gasteiger partial charge on any atom is 0.126 e. The van der Waals surface area contributed by atoms with Gasteiger partial charge in [-0.15, -0.1) is 0 Å². The van der Waals surface area contributed by atoms with Crippen molar-refractivity contribution in [3.63, 3.8) is 0 Å². The highest BCUT2D eigenvalue weighted by Crippen LogP contribution is 2.19. The van der Waals surface area contributed by atoms with Crippen LogP contribution in [0.2, 0.25) is 0 Å². The highest BCUT2D eigenvalue weighted by molar-refractivity contribution is 9.10. The molecule has 0 radical (unpaired) electrons. The van der Waals surface area contributed by atoms with Gasteiger partial charge in [0, 0.05) is 15.9 Å². The van der Waals surface area contributed by atoms with E-state index in [1.54, 1.807) is 0 Å². The van der Waals surface area contributed by atoms with Gasteiger partial charge in [0.15, 0.2) is 0 Å². The Morgan fingerprint density at radius 3 is 2.71 bits per heavy atom. The highest BCUT2D eigenvalue weighted by Gasteiger charge is 2.03. The van der Waals surface area contributed by atoms with Crippen LogP contribution in [0, 0.1) is 19.7 Å². The van der Waals surface area contributed by atoms with Gasteiger partial charge < -0.3 is 10.3 Å². The number of halogens is 2. The Morgan fingerprint density at radius 2 is 2.12 bits per heavy atom. The van der Waals surface area contributed by atoms with Crippen LogP contribution < -0.4 is 5.32 Å². The molecule has 2 aromatic rings. The SMILES string of the molecule is Cc1nc(CNc2cc(F)cc(Br)c2)[nH]c1C. The molecule has 17 heavy (non-hydrogen) atoms. The van der Waals surface area contributed by atoms with Crippen LogP contribution >= 0.6 is 15.9 Å². The molecule has 0 atom stereocenters. The maximum atomic E-state index is 13.1. The van der Waals surface area contributed by atoms with Crippen molar-refractivity contribution in [2.75, 3.05) is 5.32 Å². The summed E-state index contributed by atoms with van der Waals surface area (Å²) in [6, 6.07) is 4.70. The Bertz CT molecular complexity index is 497. The largest absolute Gasteiger partial charge is 0.378 e. The first-order valence-corrected chi connectivity index (χ1v) is 6.06. The molecule has 2 N–H and O–H groups in total. The first kappa shape index (κ1) is 12.1. The van der Waals surface area contributed by atoms with E-state index in [0.29, 0.717) is 11.0 Å². The zero-order valence-electron chi connectivity index (χ0n) is 9.64. The Hall–Kier alpha value is -1.36. The number of benzene rings is 1. The lowest BCUT2D eigenvalue weighted by Crippen LogP contribution is -2.01. The van der Waals surface area contributed by atoms with Crippen molar-refractivity contribution in [2.24, 2.45) is 0 Å². The number of aromatic amines is 1. The summed E-state index contributed by atoms with van der Waals surface area (Å²) in [5.74, 6) is 0.578. The maximum absolute atomic E-state index is 13.1. The zero-order valence-corrected chi connectivity index (χ0v) is 11.2. The van der Waals surface area contributed by atoms with Gasteiger partial charge in [-0.2, -0.15) is 0 Å². The first-order chi connectivity index (χ1) is 8.04. The van der Waals surface area contributed by atoms with E-state index in [2.05, 4.69) is 31.2 Å². The summed E-state index contributed by atoms with van der Waals surface area (Å²) in [5, 5.41) is 3.12. The molecule has 1 heterocycles. The quantitative estimate of drug-likeness (QED) is 0.910. The van der Waals surface area contributed by atoms with E-state index in [0.717, 1.165) is 22.9 Å². The van der Waals surface area contributed by atoms with Crippen LogP contribution in [-0.4, -0.2) is 9.97 Å². The molecule has 0 aliphatic carbocycles. The van der Waals surface area contributed by atoms with Crippen molar-refractivity contribution in [3.8, 4) is 0 Å². The predicted octanol–water partition coefficient (Wildman–Crippen LogP) is 3.54. The molecular formula is C12H13BrFN3. The van der Waals surface area contributed by atoms with Gasteiger partial charge in [0.2, 0.25) is 0 Å². The van der Waals surface area contributed by atoms with Crippen LogP contribution in [0.25, 0.3) is 0 Å². The predicted molar refractivity (Wildman–Crippen MR) is 69.5 cm³/mol. The van der Waals surface area contributed by atoms with Crippen molar-refractivity contribution < 1.29 is 4.39 Å². The normalized spacial score (nSPS) is 10.6. The van der Waals surface area contributed by atoms with Crippen molar-refractivity contribution in [3.05, 3.63) is 45.7 Å². The fourth-order valence-corrected chi connectivity index (χ4v) is 2.01. The van der Waals surface area contributed by atoms with Gasteiger partial charge in [-0.3, -0.25) is 0 Å². The smallest absolute Gasteiger partial charge is 0.126 e. The van der Waals surface area contributed by atoms with Gasteiger partial charge in [-0.1, -0.05) is 15.9 Å². The molecular weight excluding hydrogens is 285 g/mol. The number of imidazole rings is 1. The number of nitrogens with one attached hydrogen (secondary N) is 2. The minimum Gasteiger partial charge on any atom is -0.378 e. The summed E-state index contributed by atoms with van der Waals surface area (Å²) in [6.45, 7) is 4.48. The summed E-state index contributed by atoms with van der Waals surface area (Å²) in [4.78, 5) is 7.51. The molecule has 0 bridgehead atoms. The van der Waals surface area contributed by atoms with E-state index >= 15 is 0 Å². The minimum atomic E-state index is -0.270. The molecule has 0 aliphatic heterocycles. The average Bonchev–Trinajstić information content (AvgIpc) is 2.54. The molecule has 90 valence electrons. The molecule has 5 heteroatoms. The van der Waals surface area contributed by atoms with Crippen LogP contribution in [0.4, 0.5) is 10.1 Å². The summed E-state index contributed by atoms with van der Waals surface area (Å²) >= 11 is 3.25. The lowest BCUT2D eigenvalue weighted by atomic mass is 10.3. The van der Waals surface area contributed by atoms with Gasteiger partial charge in [0.05, 0.1) is 12.2 Å². The number of hydrogen-bond donors (Lipinski definition) is 2. The molecule has 1 aromatic carbocycles. The summed E-state index contributed by atoms with van der Waals surface area (Å²) in [5.41, 5.74) is 2.77. The number of aryl methyl sites for hydroxylation is 2. The fraction of sp³-hybridized carbons (Fsp3) is 0.250. The molecule has 3 nitrogen and oxygen atoms in total. The van der Waals surface area contributed by atoms with Crippen LogP contribution in [-0.2, 0) is 6.54 Å². The lowest BCUT2D eigenvalue weighted by molar-refractivity contribution is 0.627. The van der Waals surface area contributed by atoms with E-state index in [1.165, 1.54) is 12.1 Å². The monoisotopic (exact) mass is 297 g/mol. The third kappa shape index (κ3) is 3.06. The second-order valence-electron chi connectivity index (χ2n) is 3.91. The molecule has 0 saturated heterocycles. The molecule has 0 aliphatic rings. The van der Waals surface area contributed by atoms with Gasteiger partial charge in [0.1, 0.15) is 11.6 Å². The van der Waals surface area contributed by atoms with E-state index in [4.69, 9.17) is 0 Å². The summed E-state index contributed by atoms with van der Waals surface area (Å²) in [7, 11) is 0. The molecule has 2 rings (SSSR count).